The molecule has 0 aliphatic carbocycles. The van der Waals surface area contributed by atoms with Gasteiger partial charge in [0.2, 0.25) is 0 Å². The van der Waals surface area contributed by atoms with Crippen LogP contribution in [0, 0.1) is 0 Å². The summed E-state index contributed by atoms with van der Waals surface area (Å²) in [5, 5.41) is 19.7. The largest absolute Gasteiger partial charge is 0.395 e. The molecule has 1 aromatic heterocycles. The summed E-state index contributed by atoms with van der Waals surface area (Å²) >= 11 is 1.75. The van der Waals surface area contributed by atoms with Crippen LogP contribution >= 0.6 is 11.3 Å². The third kappa shape index (κ3) is 4.19. The zero-order valence-corrected chi connectivity index (χ0v) is 9.04. The van der Waals surface area contributed by atoms with Gasteiger partial charge in [-0.1, -0.05) is 6.07 Å². The summed E-state index contributed by atoms with van der Waals surface area (Å²) < 4.78 is 0. The highest BCUT2D eigenvalue weighted by Gasteiger charge is 2.03. The van der Waals surface area contributed by atoms with Gasteiger partial charge >= 0.3 is 0 Å². The van der Waals surface area contributed by atoms with E-state index in [9.17, 15) is 0 Å². The monoisotopic (exact) mass is 215 g/mol. The van der Waals surface area contributed by atoms with Crippen LogP contribution in [0.1, 0.15) is 4.88 Å². The molecule has 0 spiro atoms. The molecule has 0 fully saturated rings. The highest BCUT2D eigenvalue weighted by Crippen LogP contribution is 2.09. The molecule has 4 heteroatoms. The Morgan fingerprint density at radius 3 is 2.36 bits per heavy atom. The van der Waals surface area contributed by atoms with Crippen LogP contribution in [0.2, 0.25) is 0 Å². The summed E-state index contributed by atoms with van der Waals surface area (Å²) in [6.45, 7) is 2.51. The van der Waals surface area contributed by atoms with Gasteiger partial charge in [0.05, 0.1) is 13.2 Å². The van der Waals surface area contributed by atoms with Crippen molar-refractivity contribution in [3.05, 3.63) is 22.4 Å². The molecule has 0 aliphatic rings. The second-order valence-electron chi connectivity index (χ2n) is 3.12. The Kier molecular flexibility index (Phi) is 5.78. The Labute approximate surface area is 88.6 Å². The molecule has 0 bridgehead atoms. The van der Waals surface area contributed by atoms with Gasteiger partial charge in [-0.25, -0.2) is 0 Å². The van der Waals surface area contributed by atoms with Crippen LogP contribution in [0.15, 0.2) is 17.5 Å². The molecule has 14 heavy (non-hydrogen) atoms. The second-order valence-corrected chi connectivity index (χ2v) is 4.15. The van der Waals surface area contributed by atoms with E-state index < -0.39 is 0 Å². The van der Waals surface area contributed by atoms with Crippen LogP contribution in [0.4, 0.5) is 0 Å². The Bertz CT molecular complexity index is 220. The highest BCUT2D eigenvalue weighted by atomic mass is 32.1. The van der Waals surface area contributed by atoms with E-state index in [1.54, 1.807) is 11.3 Å². The molecule has 0 aliphatic heterocycles. The van der Waals surface area contributed by atoms with E-state index >= 15 is 0 Å². The maximum atomic E-state index is 8.80. The first-order valence-electron chi connectivity index (χ1n) is 4.83. The molecule has 0 unspecified atom stereocenters. The molecular weight excluding hydrogens is 198 g/mol. The van der Waals surface area contributed by atoms with E-state index in [1.165, 1.54) is 4.88 Å². The van der Waals surface area contributed by atoms with Gasteiger partial charge < -0.3 is 10.2 Å². The molecule has 3 nitrogen and oxygen atoms in total. The first-order valence-corrected chi connectivity index (χ1v) is 5.71. The normalized spacial score (nSPS) is 11.1. The molecule has 0 saturated heterocycles. The fourth-order valence-electron chi connectivity index (χ4n) is 1.34. The molecule has 1 heterocycles. The predicted molar refractivity (Wildman–Crippen MR) is 58.6 cm³/mol. The minimum absolute atomic E-state index is 0.157. The molecule has 0 amide bonds. The standard InChI is InChI=1S/C10H17NO2S/c12-7-5-11(6-8-13)4-3-10-2-1-9-14-10/h1-2,9,12-13H,3-8H2. The first kappa shape index (κ1) is 11.7. The molecule has 1 rings (SSSR count). The second kappa shape index (κ2) is 6.95. The molecule has 80 valence electrons. The fourth-order valence-corrected chi connectivity index (χ4v) is 2.04. The lowest BCUT2D eigenvalue weighted by Crippen LogP contribution is -2.31. The lowest BCUT2D eigenvalue weighted by atomic mass is 10.3. The minimum atomic E-state index is 0.157. The van der Waals surface area contributed by atoms with Gasteiger partial charge in [-0.3, -0.25) is 4.90 Å². The molecule has 0 radical (unpaired) electrons. The van der Waals surface area contributed by atoms with Crippen LogP contribution in [0.25, 0.3) is 0 Å². The number of hydrogen-bond donors (Lipinski definition) is 2. The van der Waals surface area contributed by atoms with Crippen molar-refractivity contribution >= 4 is 11.3 Å². The van der Waals surface area contributed by atoms with E-state index in [0.717, 1.165) is 13.0 Å². The maximum absolute atomic E-state index is 8.80. The van der Waals surface area contributed by atoms with Crippen molar-refractivity contribution in [2.75, 3.05) is 32.8 Å². The van der Waals surface area contributed by atoms with Crippen molar-refractivity contribution in [3.8, 4) is 0 Å². The lowest BCUT2D eigenvalue weighted by Gasteiger charge is -2.19. The van der Waals surface area contributed by atoms with Gasteiger partial charge in [0, 0.05) is 24.5 Å². The topological polar surface area (TPSA) is 43.7 Å². The summed E-state index contributed by atoms with van der Waals surface area (Å²) in [7, 11) is 0. The summed E-state index contributed by atoms with van der Waals surface area (Å²) in [5.41, 5.74) is 0. The van der Waals surface area contributed by atoms with E-state index in [-0.39, 0.29) is 13.2 Å². The van der Waals surface area contributed by atoms with Gasteiger partial charge in [0.25, 0.3) is 0 Å². The van der Waals surface area contributed by atoms with Crippen LogP contribution in [-0.4, -0.2) is 48.0 Å². The fraction of sp³-hybridized carbons (Fsp3) is 0.600. The quantitative estimate of drug-likeness (QED) is 0.699. The summed E-state index contributed by atoms with van der Waals surface area (Å²) in [4.78, 5) is 3.42. The zero-order chi connectivity index (χ0) is 10.2. The van der Waals surface area contributed by atoms with Gasteiger partial charge in [-0.15, -0.1) is 11.3 Å². The van der Waals surface area contributed by atoms with Crippen molar-refractivity contribution in [1.29, 1.82) is 0 Å². The molecule has 1 aromatic rings. The number of thiophene rings is 1. The predicted octanol–water partition coefficient (Wildman–Crippen LogP) is 0.577. The van der Waals surface area contributed by atoms with Crippen LogP contribution in [0.5, 0.6) is 0 Å². The molecule has 2 N–H and O–H groups in total. The molecule has 0 saturated carbocycles. The highest BCUT2D eigenvalue weighted by molar-refractivity contribution is 7.09. The maximum Gasteiger partial charge on any atom is 0.0558 e. The first-order chi connectivity index (χ1) is 6.86. The number of hydrogen-bond acceptors (Lipinski definition) is 4. The van der Waals surface area contributed by atoms with E-state index in [2.05, 4.69) is 16.3 Å². The van der Waals surface area contributed by atoms with E-state index in [0.29, 0.717) is 13.1 Å². The van der Waals surface area contributed by atoms with Crippen molar-refractivity contribution in [3.63, 3.8) is 0 Å². The molecular formula is C10H17NO2S. The number of nitrogens with zero attached hydrogens (tertiary/aromatic N) is 1. The third-order valence-electron chi connectivity index (χ3n) is 2.09. The van der Waals surface area contributed by atoms with Crippen LogP contribution in [-0.2, 0) is 6.42 Å². The summed E-state index contributed by atoms with van der Waals surface area (Å²) in [6, 6.07) is 4.16. The Balaban J connectivity index is 2.25. The number of rotatable bonds is 7. The number of aliphatic hydroxyl groups is 2. The van der Waals surface area contributed by atoms with Gasteiger partial charge in [-0.2, -0.15) is 0 Å². The molecule has 0 aromatic carbocycles. The summed E-state index contributed by atoms with van der Waals surface area (Å²) in [6.07, 6.45) is 0.998. The molecule has 0 atom stereocenters. The lowest BCUT2D eigenvalue weighted by molar-refractivity contribution is 0.162. The van der Waals surface area contributed by atoms with Crippen molar-refractivity contribution in [2.24, 2.45) is 0 Å². The van der Waals surface area contributed by atoms with Gasteiger partial charge in [-0.05, 0) is 17.9 Å². The Morgan fingerprint density at radius 2 is 1.86 bits per heavy atom. The average molecular weight is 215 g/mol. The van der Waals surface area contributed by atoms with Crippen molar-refractivity contribution in [2.45, 2.75) is 6.42 Å². The number of aliphatic hydroxyl groups excluding tert-OH is 2. The SMILES string of the molecule is OCCN(CCO)CCc1cccs1. The van der Waals surface area contributed by atoms with Crippen molar-refractivity contribution < 1.29 is 10.2 Å². The average Bonchev–Trinajstić information content (AvgIpc) is 2.67. The van der Waals surface area contributed by atoms with Crippen molar-refractivity contribution in [1.82, 2.24) is 4.90 Å². The minimum Gasteiger partial charge on any atom is -0.395 e. The summed E-state index contributed by atoms with van der Waals surface area (Å²) in [5.74, 6) is 0. The Hall–Kier alpha value is -0.420. The van der Waals surface area contributed by atoms with Gasteiger partial charge in [0.1, 0.15) is 0 Å². The smallest absolute Gasteiger partial charge is 0.0558 e. The van der Waals surface area contributed by atoms with Crippen LogP contribution in [0.3, 0.4) is 0 Å². The van der Waals surface area contributed by atoms with Gasteiger partial charge in [0.15, 0.2) is 0 Å². The van der Waals surface area contributed by atoms with E-state index in [4.69, 9.17) is 10.2 Å². The zero-order valence-electron chi connectivity index (χ0n) is 8.22. The Morgan fingerprint density at radius 1 is 1.14 bits per heavy atom. The van der Waals surface area contributed by atoms with E-state index in [1.807, 2.05) is 6.07 Å². The van der Waals surface area contributed by atoms with Crippen LogP contribution < -0.4 is 0 Å². The third-order valence-corrected chi connectivity index (χ3v) is 3.02.